The summed E-state index contributed by atoms with van der Waals surface area (Å²) < 4.78 is 0. The first kappa shape index (κ1) is 8.50. The SMILES string of the molecule is N#CNC(=O)c1ccc(Cl)nc1. The molecule has 0 aliphatic heterocycles. The number of hydrogen-bond donors (Lipinski definition) is 1. The Bertz CT molecular complexity index is 327. The number of pyridine rings is 1. The molecule has 1 rings (SSSR count). The van der Waals surface area contributed by atoms with Crippen LogP contribution in [-0.4, -0.2) is 10.9 Å². The van der Waals surface area contributed by atoms with Crippen molar-refractivity contribution in [3.05, 3.63) is 29.0 Å². The molecule has 1 aromatic heterocycles. The molecular weight excluding hydrogens is 178 g/mol. The number of amides is 1. The van der Waals surface area contributed by atoms with Crippen molar-refractivity contribution in [2.45, 2.75) is 0 Å². The first-order chi connectivity index (χ1) is 5.74. The zero-order chi connectivity index (χ0) is 8.97. The second kappa shape index (κ2) is 3.69. The second-order valence-electron chi connectivity index (χ2n) is 1.94. The molecule has 0 aromatic carbocycles. The summed E-state index contributed by atoms with van der Waals surface area (Å²) in [5, 5.41) is 10.4. The van der Waals surface area contributed by atoms with Gasteiger partial charge in [0.1, 0.15) is 5.15 Å². The van der Waals surface area contributed by atoms with Crippen LogP contribution >= 0.6 is 11.6 Å². The van der Waals surface area contributed by atoms with Gasteiger partial charge in [-0.3, -0.25) is 10.1 Å². The maximum absolute atomic E-state index is 10.9. The molecule has 0 bridgehead atoms. The lowest BCUT2D eigenvalue weighted by Gasteiger charge is -1.95. The Morgan fingerprint density at radius 3 is 2.92 bits per heavy atom. The van der Waals surface area contributed by atoms with Gasteiger partial charge in [0.2, 0.25) is 0 Å². The van der Waals surface area contributed by atoms with Crippen molar-refractivity contribution in [2.24, 2.45) is 0 Å². The third-order valence-electron chi connectivity index (χ3n) is 1.16. The monoisotopic (exact) mass is 181 g/mol. The smallest absolute Gasteiger partial charge is 0.265 e. The number of aromatic nitrogens is 1. The maximum atomic E-state index is 10.9. The third-order valence-corrected chi connectivity index (χ3v) is 1.38. The van der Waals surface area contributed by atoms with E-state index in [0.29, 0.717) is 10.7 Å². The molecule has 0 unspecified atom stereocenters. The minimum atomic E-state index is -0.485. The zero-order valence-corrected chi connectivity index (χ0v) is 6.67. The summed E-state index contributed by atoms with van der Waals surface area (Å²) in [6.07, 6.45) is 2.82. The Morgan fingerprint density at radius 1 is 1.67 bits per heavy atom. The fraction of sp³-hybridized carbons (Fsp3) is 0. The Labute approximate surface area is 73.8 Å². The summed E-state index contributed by atoms with van der Waals surface area (Å²) in [6, 6.07) is 2.97. The van der Waals surface area contributed by atoms with Crippen LogP contribution in [0, 0.1) is 11.5 Å². The molecule has 5 heteroatoms. The Balaban J connectivity index is 2.84. The molecular formula is C7H4ClN3O. The van der Waals surface area contributed by atoms with Crippen LogP contribution in [-0.2, 0) is 0 Å². The summed E-state index contributed by atoms with van der Waals surface area (Å²) in [6.45, 7) is 0. The van der Waals surface area contributed by atoms with Crippen molar-refractivity contribution in [1.29, 1.82) is 5.26 Å². The number of hydrogen-bond acceptors (Lipinski definition) is 3. The molecule has 1 amide bonds. The van der Waals surface area contributed by atoms with Crippen LogP contribution < -0.4 is 5.32 Å². The highest BCUT2D eigenvalue weighted by Crippen LogP contribution is 2.04. The van der Waals surface area contributed by atoms with Gasteiger partial charge in [0.05, 0.1) is 5.56 Å². The fourth-order valence-corrected chi connectivity index (χ4v) is 0.745. The molecule has 1 heterocycles. The number of halogens is 1. The van der Waals surface area contributed by atoms with E-state index in [0.717, 1.165) is 0 Å². The van der Waals surface area contributed by atoms with Crippen molar-refractivity contribution in [3.8, 4) is 6.19 Å². The number of carbonyl (C=O) groups is 1. The van der Waals surface area contributed by atoms with Crippen LogP contribution in [0.25, 0.3) is 0 Å². The van der Waals surface area contributed by atoms with E-state index in [9.17, 15) is 4.79 Å². The molecule has 0 spiro atoms. The summed E-state index contributed by atoms with van der Waals surface area (Å²) in [4.78, 5) is 14.6. The van der Waals surface area contributed by atoms with Gasteiger partial charge in [0.25, 0.3) is 5.91 Å². The molecule has 0 aliphatic rings. The topological polar surface area (TPSA) is 65.8 Å². The van der Waals surface area contributed by atoms with Crippen LogP contribution in [0.15, 0.2) is 18.3 Å². The van der Waals surface area contributed by atoms with Crippen LogP contribution in [0.5, 0.6) is 0 Å². The lowest BCUT2D eigenvalue weighted by molar-refractivity contribution is 0.0972. The zero-order valence-electron chi connectivity index (χ0n) is 5.91. The molecule has 1 aromatic rings. The molecule has 1 N–H and O–H groups in total. The highest BCUT2D eigenvalue weighted by molar-refractivity contribution is 6.29. The summed E-state index contributed by atoms with van der Waals surface area (Å²) in [7, 11) is 0. The van der Waals surface area contributed by atoms with Gasteiger partial charge >= 0.3 is 0 Å². The van der Waals surface area contributed by atoms with Gasteiger partial charge in [-0.25, -0.2) is 4.98 Å². The van der Waals surface area contributed by atoms with E-state index in [2.05, 4.69) is 4.98 Å². The molecule has 0 atom stereocenters. The lowest BCUT2D eigenvalue weighted by Crippen LogP contribution is -2.17. The van der Waals surface area contributed by atoms with Crippen LogP contribution in [0.1, 0.15) is 10.4 Å². The number of nitrogens with zero attached hydrogens (tertiary/aromatic N) is 2. The Hall–Kier alpha value is -1.60. The minimum Gasteiger partial charge on any atom is -0.268 e. The van der Waals surface area contributed by atoms with E-state index in [1.807, 2.05) is 5.32 Å². The average molecular weight is 182 g/mol. The number of nitriles is 1. The van der Waals surface area contributed by atoms with Crippen molar-refractivity contribution in [3.63, 3.8) is 0 Å². The van der Waals surface area contributed by atoms with Gasteiger partial charge in [-0.1, -0.05) is 11.6 Å². The van der Waals surface area contributed by atoms with Gasteiger partial charge in [-0.15, -0.1) is 0 Å². The molecule has 0 radical (unpaired) electrons. The number of rotatable bonds is 1. The van der Waals surface area contributed by atoms with Crippen molar-refractivity contribution in [1.82, 2.24) is 10.3 Å². The lowest BCUT2D eigenvalue weighted by atomic mass is 10.3. The van der Waals surface area contributed by atoms with Gasteiger partial charge in [0, 0.05) is 6.20 Å². The molecule has 12 heavy (non-hydrogen) atoms. The summed E-state index contributed by atoms with van der Waals surface area (Å²) in [5.41, 5.74) is 0.306. The normalized spacial score (nSPS) is 8.67. The average Bonchev–Trinajstić information content (AvgIpc) is 2.06. The van der Waals surface area contributed by atoms with E-state index >= 15 is 0 Å². The second-order valence-corrected chi connectivity index (χ2v) is 2.32. The van der Waals surface area contributed by atoms with E-state index in [1.54, 1.807) is 0 Å². The quantitative estimate of drug-likeness (QED) is 0.399. The molecule has 0 saturated carbocycles. The fourth-order valence-electron chi connectivity index (χ4n) is 0.633. The van der Waals surface area contributed by atoms with Gasteiger partial charge < -0.3 is 0 Å². The molecule has 0 saturated heterocycles. The van der Waals surface area contributed by atoms with Gasteiger partial charge in [0.15, 0.2) is 6.19 Å². The number of carbonyl (C=O) groups excluding carboxylic acids is 1. The molecule has 0 fully saturated rings. The first-order valence-corrected chi connectivity index (χ1v) is 3.43. The molecule has 0 aliphatic carbocycles. The third kappa shape index (κ3) is 1.94. The predicted molar refractivity (Wildman–Crippen MR) is 42.3 cm³/mol. The van der Waals surface area contributed by atoms with E-state index in [-0.39, 0.29) is 0 Å². The van der Waals surface area contributed by atoms with E-state index < -0.39 is 5.91 Å². The van der Waals surface area contributed by atoms with Crippen LogP contribution in [0.4, 0.5) is 0 Å². The van der Waals surface area contributed by atoms with Crippen molar-refractivity contribution >= 4 is 17.5 Å². The summed E-state index contributed by atoms with van der Waals surface area (Å²) >= 11 is 5.49. The first-order valence-electron chi connectivity index (χ1n) is 3.05. The van der Waals surface area contributed by atoms with Crippen LogP contribution in [0.3, 0.4) is 0 Å². The summed E-state index contributed by atoms with van der Waals surface area (Å²) in [5.74, 6) is -0.485. The Morgan fingerprint density at radius 2 is 2.42 bits per heavy atom. The highest BCUT2D eigenvalue weighted by Gasteiger charge is 2.03. The largest absolute Gasteiger partial charge is 0.268 e. The van der Waals surface area contributed by atoms with Crippen molar-refractivity contribution in [2.75, 3.05) is 0 Å². The highest BCUT2D eigenvalue weighted by atomic mass is 35.5. The molecule has 60 valence electrons. The predicted octanol–water partition coefficient (Wildman–Crippen LogP) is 0.946. The molecule has 4 nitrogen and oxygen atoms in total. The minimum absolute atomic E-state index is 0.306. The van der Waals surface area contributed by atoms with Gasteiger partial charge in [-0.2, -0.15) is 5.26 Å². The van der Waals surface area contributed by atoms with E-state index in [1.165, 1.54) is 24.5 Å². The Kier molecular flexibility index (Phi) is 2.62. The van der Waals surface area contributed by atoms with Crippen LogP contribution in [0.2, 0.25) is 5.15 Å². The maximum Gasteiger partial charge on any atom is 0.265 e. The van der Waals surface area contributed by atoms with E-state index in [4.69, 9.17) is 16.9 Å². The van der Waals surface area contributed by atoms with Crippen molar-refractivity contribution < 1.29 is 4.79 Å². The standard InChI is InChI=1S/C7H4ClN3O/c8-6-2-1-5(3-10-6)7(12)11-4-9/h1-3H,(H,11,12). The van der Waals surface area contributed by atoms with Gasteiger partial charge in [-0.05, 0) is 12.1 Å². The number of nitrogens with one attached hydrogen (secondary N) is 1.